The van der Waals surface area contributed by atoms with E-state index in [2.05, 4.69) is 48.6 Å². The second-order valence-corrected chi connectivity index (χ2v) is 7.77. The normalized spacial score (nSPS) is 11.1. The summed E-state index contributed by atoms with van der Waals surface area (Å²) in [5.74, 6) is 0.587. The Morgan fingerprint density at radius 2 is 1.53 bits per heavy atom. The highest BCUT2D eigenvalue weighted by molar-refractivity contribution is 5.67. The minimum absolute atomic E-state index is 0.567. The van der Waals surface area contributed by atoms with Crippen LogP contribution in [0.5, 0.6) is 0 Å². The highest BCUT2D eigenvalue weighted by Crippen LogP contribution is 2.23. The SMILES string of the molecule is Cc1cc(-c2cnn3c(NCc4cnc(-c5ccnc(C)c5)c(C)c4)nnc3c2)ccn1. The molecule has 0 saturated carbocycles. The van der Waals surface area contributed by atoms with Crippen LogP contribution in [0.15, 0.2) is 61.2 Å². The molecule has 1 N–H and O–H groups in total. The molecule has 5 aromatic rings. The van der Waals surface area contributed by atoms with Crippen LogP contribution in [-0.2, 0) is 6.54 Å². The first-order valence-electron chi connectivity index (χ1n) is 10.3. The van der Waals surface area contributed by atoms with E-state index in [1.54, 1.807) is 10.7 Å². The lowest BCUT2D eigenvalue weighted by Crippen LogP contribution is -2.06. The summed E-state index contributed by atoms with van der Waals surface area (Å²) in [6, 6.07) is 12.1. The Balaban J connectivity index is 1.34. The Bertz CT molecular complexity index is 1420. The molecule has 0 unspecified atom stereocenters. The lowest BCUT2D eigenvalue weighted by atomic mass is 10.1. The van der Waals surface area contributed by atoms with Gasteiger partial charge in [-0.25, -0.2) is 0 Å². The van der Waals surface area contributed by atoms with Gasteiger partial charge in [0.1, 0.15) is 0 Å². The number of pyridine rings is 3. The molecule has 8 nitrogen and oxygen atoms in total. The van der Waals surface area contributed by atoms with E-state index in [-0.39, 0.29) is 0 Å². The highest BCUT2D eigenvalue weighted by atomic mass is 15.4. The molecule has 0 atom stereocenters. The molecule has 32 heavy (non-hydrogen) atoms. The summed E-state index contributed by atoms with van der Waals surface area (Å²) in [7, 11) is 0. The molecule has 0 aliphatic carbocycles. The van der Waals surface area contributed by atoms with Crippen molar-refractivity contribution in [3.63, 3.8) is 0 Å². The quantitative estimate of drug-likeness (QED) is 0.454. The minimum atomic E-state index is 0.567. The van der Waals surface area contributed by atoms with Crippen molar-refractivity contribution in [2.75, 3.05) is 5.32 Å². The van der Waals surface area contributed by atoms with Crippen LogP contribution < -0.4 is 5.32 Å². The maximum atomic E-state index is 4.67. The fourth-order valence-corrected chi connectivity index (χ4v) is 3.69. The fourth-order valence-electron chi connectivity index (χ4n) is 3.69. The zero-order valence-electron chi connectivity index (χ0n) is 18.1. The van der Waals surface area contributed by atoms with Gasteiger partial charge in [0.05, 0.1) is 11.9 Å². The number of hydrogen-bond donors (Lipinski definition) is 1. The molecule has 0 saturated heterocycles. The van der Waals surface area contributed by atoms with E-state index in [4.69, 9.17) is 0 Å². The molecule has 0 aliphatic rings. The highest BCUT2D eigenvalue weighted by Gasteiger charge is 2.10. The van der Waals surface area contributed by atoms with Gasteiger partial charge < -0.3 is 5.32 Å². The van der Waals surface area contributed by atoms with Crippen LogP contribution in [0.25, 0.3) is 28.0 Å². The monoisotopic (exact) mass is 422 g/mol. The number of nitrogens with one attached hydrogen (secondary N) is 1. The average molecular weight is 422 g/mol. The molecule has 0 bridgehead atoms. The number of nitrogens with zero attached hydrogens (tertiary/aromatic N) is 7. The van der Waals surface area contributed by atoms with Crippen molar-refractivity contribution < 1.29 is 0 Å². The Kier molecular flexibility index (Phi) is 5.03. The van der Waals surface area contributed by atoms with Gasteiger partial charge in [-0.3, -0.25) is 15.0 Å². The van der Waals surface area contributed by atoms with Crippen LogP contribution in [0.1, 0.15) is 22.5 Å². The summed E-state index contributed by atoms with van der Waals surface area (Å²) >= 11 is 0. The predicted octanol–water partition coefficient (Wildman–Crippen LogP) is 4.18. The van der Waals surface area contributed by atoms with E-state index < -0.39 is 0 Å². The molecule has 0 fully saturated rings. The van der Waals surface area contributed by atoms with Crippen LogP contribution in [0.2, 0.25) is 0 Å². The number of rotatable bonds is 5. The molecule has 158 valence electrons. The first kappa shape index (κ1) is 19.7. The predicted molar refractivity (Wildman–Crippen MR) is 123 cm³/mol. The van der Waals surface area contributed by atoms with Crippen LogP contribution in [-0.4, -0.2) is 34.8 Å². The molecular formula is C24H22N8. The smallest absolute Gasteiger partial charge is 0.246 e. The Hall–Kier alpha value is -4.20. The van der Waals surface area contributed by atoms with Gasteiger partial charge in [0.15, 0.2) is 5.65 Å². The molecule has 5 heterocycles. The largest absolute Gasteiger partial charge is 0.349 e. The molecule has 8 heteroatoms. The van der Waals surface area contributed by atoms with E-state index >= 15 is 0 Å². The Morgan fingerprint density at radius 1 is 0.781 bits per heavy atom. The van der Waals surface area contributed by atoms with Gasteiger partial charge in [-0.2, -0.15) is 9.61 Å². The number of aryl methyl sites for hydroxylation is 3. The van der Waals surface area contributed by atoms with Crippen LogP contribution in [0, 0.1) is 20.8 Å². The van der Waals surface area contributed by atoms with Gasteiger partial charge in [-0.15, -0.1) is 10.2 Å². The van der Waals surface area contributed by atoms with Gasteiger partial charge >= 0.3 is 0 Å². The zero-order valence-corrected chi connectivity index (χ0v) is 18.1. The van der Waals surface area contributed by atoms with Crippen molar-refractivity contribution in [1.29, 1.82) is 0 Å². The molecule has 0 aromatic carbocycles. The first-order chi connectivity index (χ1) is 15.6. The maximum absolute atomic E-state index is 4.67. The van der Waals surface area contributed by atoms with E-state index in [9.17, 15) is 0 Å². The Morgan fingerprint density at radius 3 is 2.28 bits per heavy atom. The lowest BCUT2D eigenvalue weighted by Gasteiger charge is -2.09. The van der Waals surface area contributed by atoms with Gasteiger partial charge in [0, 0.05) is 47.7 Å². The fraction of sp³-hybridized carbons (Fsp3) is 0.167. The van der Waals surface area contributed by atoms with Crippen molar-refractivity contribution >= 4 is 11.6 Å². The van der Waals surface area contributed by atoms with Crippen LogP contribution >= 0.6 is 0 Å². The molecule has 0 amide bonds. The number of fused-ring (bicyclic) bond motifs is 1. The second kappa shape index (κ2) is 8.14. The molecule has 5 aromatic heterocycles. The molecule has 0 aliphatic heterocycles. The molecule has 0 radical (unpaired) electrons. The van der Waals surface area contributed by atoms with Crippen molar-refractivity contribution in [2.24, 2.45) is 0 Å². The summed E-state index contributed by atoms with van der Waals surface area (Å²) in [6.45, 7) is 6.58. The summed E-state index contributed by atoms with van der Waals surface area (Å²) in [5, 5.41) is 16.4. The number of aromatic nitrogens is 7. The third-order valence-corrected chi connectivity index (χ3v) is 5.25. The molecule has 5 rings (SSSR count). The van der Waals surface area contributed by atoms with Crippen molar-refractivity contribution in [3.05, 3.63) is 83.7 Å². The standard InChI is InChI=1S/C24H22N8/c1-15-8-18(12-27-23(15)20-5-7-26-17(3)10-20)13-28-24-31-30-22-11-21(14-29-32(22)24)19-4-6-25-16(2)9-19/h4-12,14H,13H2,1-3H3,(H,28,31). The summed E-state index contributed by atoms with van der Waals surface area (Å²) in [5.41, 5.74) is 8.84. The van der Waals surface area contributed by atoms with Crippen molar-refractivity contribution in [3.8, 4) is 22.4 Å². The molecule has 0 spiro atoms. The van der Waals surface area contributed by atoms with Crippen LogP contribution in [0.4, 0.5) is 5.95 Å². The number of hydrogen-bond acceptors (Lipinski definition) is 7. The van der Waals surface area contributed by atoms with E-state index in [0.29, 0.717) is 18.1 Å². The summed E-state index contributed by atoms with van der Waals surface area (Å²) < 4.78 is 1.70. The zero-order chi connectivity index (χ0) is 22.1. The van der Waals surface area contributed by atoms with Gasteiger partial charge in [-0.1, -0.05) is 6.07 Å². The van der Waals surface area contributed by atoms with Crippen LogP contribution in [0.3, 0.4) is 0 Å². The number of anilines is 1. The maximum Gasteiger partial charge on any atom is 0.246 e. The average Bonchev–Trinajstić information content (AvgIpc) is 3.20. The van der Waals surface area contributed by atoms with E-state index in [1.807, 2.05) is 62.8 Å². The van der Waals surface area contributed by atoms with E-state index in [1.165, 1.54) is 0 Å². The van der Waals surface area contributed by atoms with Gasteiger partial charge in [-0.05, 0) is 67.8 Å². The third kappa shape index (κ3) is 3.90. The Labute approximate surface area is 185 Å². The minimum Gasteiger partial charge on any atom is -0.349 e. The topological polar surface area (TPSA) is 93.8 Å². The second-order valence-electron chi connectivity index (χ2n) is 7.77. The summed E-state index contributed by atoms with van der Waals surface area (Å²) in [4.78, 5) is 13.2. The van der Waals surface area contributed by atoms with Crippen molar-refractivity contribution in [1.82, 2.24) is 34.8 Å². The molecular weight excluding hydrogens is 400 g/mol. The summed E-state index contributed by atoms with van der Waals surface area (Å²) in [6.07, 6.45) is 7.30. The third-order valence-electron chi connectivity index (χ3n) is 5.25. The van der Waals surface area contributed by atoms with Gasteiger partial charge in [0.2, 0.25) is 5.95 Å². The lowest BCUT2D eigenvalue weighted by molar-refractivity contribution is 0.912. The van der Waals surface area contributed by atoms with E-state index in [0.717, 1.165) is 44.9 Å². The van der Waals surface area contributed by atoms with Crippen molar-refractivity contribution in [2.45, 2.75) is 27.3 Å². The van der Waals surface area contributed by atoms with Gasteiger partial charge in [0.25, 0.3) is 0 Å². The first-order valence-corrected chi connectivity index (χ1v) is 10.3.